The van der Waals surface area contributed by atoms with Crippen LogP contribution in [0.15, 0.2) is 18.3 Å². The number of benzene rings is 1. The second kappa shape index (κ2) is 6.56. The van der Waals surface area contributed by atoms with Gasteiger partial charge in [-0.05, 0) is 49.9 Å². The number of terminal acetylenes is 1. The SMILES string of the molecule is C#Cc1cc(C)c2[nH]ccc2c1CN1CCC(OCC)CC1. The first-order valence-corrected chi connectivity index (χ1v) is 8.13. The third kappa shape index (κ3) is 2.90. The second-order valence-corrected chi connectivity index (χ2v) is 6.06. The minimum atomic E-state index is 0.429. The Morgan fingerprint density at radius 1 is 1.41 bits per heavy atom. The van der Waals surface area contributed by atoms with Gasteiger partial charge in [0.05, 0.1) is 6.10 Å². The summed E-state index contributed by atoms with van der Waals surface area (Å²) in [6, 6.07) is 4.27. The van der Waals surface area contributed by atoms with Crippen molar-refractivity contribution in [2.24, 2.45) is 0 Å². The van der Waals surface area contributed by atoms with E-state index < -0.39 is 0 Å². The molecule has 1 N–H and O–H groups in total. The van der Waals surface area contributed by atoms with Crippen molar-refractivity contribution in [2.45, 2.75) is 39.3 Å². The topological polar surface area (TPSA) is 28.3 Å². The van der Waals surface area contributed by atoms with Gasteiger partial charge in [0, 0.05) is 48.9 Å². The first-order valence-electron chi connectivity index (χ1n) is 8.13. The van der Waals surface area contributed by atoms with E-state index in [1.165, 1.54) is 22.0 Å². The number of rotatable bonds is 4. The smallest absolute Gasteiger partial charge is 0.0599 e. The van der Waals surface area contributed by atoms with Gasteiger partial charge >= 0.3 is 0 Å². The van der Waals surface area contributed by atoms with Gasteiger partial charge in [0.15, 0.2) is 0 Å². The lowest BCUT2D eigenvalue weighted by molar-refractivity contribution is 0.0126. The Balaban J connectivity index is 1.81. The first-order chi connectivity index (χ1) is 10.7. The zero-order chi connectivity index (χ0) is 15.5. The van der Waals surface area contributed by atoms with Crippen LogP contribution in [0, 0.1) is 19.3 Å². The van der Waals surface area contributed by atoms with E-state index in [2.05, 4.69) is 41.8 Å². The van der Waals surface area contributed by atoms with Gasteiger partial charge in [-0.2, -0.15) is 0 Å². The van der Waals surface area contributed by atoms with Crippen LogP contribution in [-0.4, -0.2) is 35.7 Å². The Kier molecular flexibility index (Phi) is 4.52. The molecule has 1 saturated heterocycles. The van der Waals surface area contributed by atoms with Crippen molar-refractivity contribution in [3.63, 3.8) is 0 Å². The Morgan fingerprint density at radius 2 is 2.18 bits per heavy atom. The van der Waals surface area contributed by atoms with E-state index >= 15 is 0 Å². The number of hydrogen-bond acceptors (Lipinski definition) is 2. The summed E-state index contributed by atoms with van der Waals surface area (Å²) in [7, 11) is 0. The van der Waals surface area contributed by atoms with E-state index in [1.807, 2.05) is 6.20 Å². The fraction of sp³-hybridized carbons (Fsp3) is 0.474. The number of piperidine rings is 1. The summed E-state index contributed by atoms with van der Waals surface area (Å²) in [5.74, 6) is 2.87. The zero-order valence-corrected chi connectivity index (χ0v) is 13.5. The van der Waals surface area contributed by atoms with Crippen LogP contribution in [0.25, 0.3) is 10.9 Å². The molecular weight excluding hydrogens is 272 g/mol. The van der Waals surface area contributed by atoms with Crippen LogP contribution in [0.4, 0.5) is 0 Å². The molecule has 1 aromatic heterocycles. The summed E-state index contributed by atoms with van der Waals surface area (Å²) in [6.45, 7) is 8.07. The number of aromatic amines is 1. The largest absolute Gasteiger partial charge is 0.378 e. The molecule has 0 unspecified atom stereocenters. The zero-order valence-electron chi connectivity index (χ0n) is 13.5. The second-order valence-electron chi connectivity index (χ2n) is 6.06. The van der Waals surface area contributed by atoms with E-state index in [0.29, 0.717) is 6.10 Å². The molecule has 0 saturated carbocycles. The minimum absolute atomic E-state index is 0.429. The van der Waals surface area contributed by atoms with Crippen LogP contribution in [0.3, 0.4) is 0 Å². The van der Waals surface area contributed by atoms with Crippen molar-refractivity contribution in [3.05, 3.63) is 35.0 Å². The molecule has 3 rings (SSSR count). The molecule has 0 bridgehead atoms. The van der Waals surface area contributed by atoms with E-state index in [-0.39, 0.29) is 0 Å². The number of ether oxygens (including phenoxy) is 1. The number of nitrogens with one attached hydrogen (secondary N) is 1. The van der Waals surface area contributed by atoms with Crippen molar-refractivity contribution < 1.29 is 4.74 Å². The lowest BCUT2D eigenvalue weighted by atomic mass is 9.98. The quantitative estimate of drug-likeness (QED) is 0.875. The summed E-state index contributed by atoms with van der Waals surface area (Å²) in [5.41, 5.74) is 4.72. The lowest BCUT2D eigenvalue weighted by Crippen LogP contribution is -2.36. The van der Waals surface area contributed by atoms with Gasteiger partial charge in [0.1, 0.15) is 0 Å². The Labute approximate surface area is 132 Å². The molecule has 1 aliphatic heterocycles. The Bertz CT molecular complexity index is 687. The predicted molar refractivity (Wildman–Crippen MR) is 90.9 cm³/mol. The molecule has 0 atom stereocenters. The van der Waals surface area contributed by atoms with E-state index in [0.717, 1.165) is 44.6 Å². The molecule has 2 heterocycles. The molecule has 0 amide bonds. The van der Waals surface area contributed by atoms with Gasteiger partial charge in [0.2, 0.25) is 0 Å². The highest BCUT2D eigenvalue weighted by Gasteiger charge is 2.21. The summed E-state index contributed by atoms with van der Waals surface area (Å²) >= 11 is 0. The van der Waals surface area contributed by atoms with Crippen LogP contribution in [0.1, 0.15) is 36.5 Å². The lowest BCUT2D eigenvalue weighted by Gasteiger charge is -2.32. The molecule has 1 aliphatic rings. The highest BCUT2D eigenvalue weighted by Crippen LogP contribution is 2.27. The molecular formula is C19H24N2O. The Hall–Kier alpha value is -1.76. The number of likely N-dealkylation sites (tertiary alicyclic amines) is 1. The summed E-state index contributed by atoms with van der Waals surface area (Å²) in [4.78, 5) is 5.83. The van der Waals surface area contributed by atoms with E-state index in [1.54, 1.807) is 0 Å². The standard InChI is InChI=1S/C19H24N2O/c1-4-15-12-14(3)19-17(6-9-20-19)18(15)13-21-10-7-16(8-11-21)22-5-2/h1,6,9,12,16,20H,5,7-8,10-11,13H2,2-3H3. The molecule has 0 spiro atoms. The third-order valence-corrected chi connectivity index (χ3v) is 4.63. The van der Waals surface area contributed by atoms with Crippen molar-refractivity contribution in [1.29, 1.82) is 0 Å². The molecule has 3 nitrogen and oxygen atoms in total. The average Bonchev–Trinajstić information content (AvgIpc) is 3.02. The van der Waals surface area contributed by atoms with Crippen LogP contribution in [-0.2, 0) is 11.3 Å². The minimum Gasteiger partial charge on any atom is -0.378 e. The normalized spacial score (nSPS) is 17.0. The fourth-order valence-corrected chi connectivity index (χ4v) is 3.46. The molecule has 22 heavy (non-hydrogen) atoms. The maximum atomic E-state index is 5.75. The van der Waals surface area contributed by atoms with E-state index in [4.69, 9.17) is 11.2 Å². The van der Waals surface area contributed by atoms with Crippen molar-refractivity contribution in [3.8, 4) is 12.3 Å². The molecule has 1 fully saturated rings. The maximum absolute atomic E-state index is 5.75. The number of nitrogens with zero attached hydrogens (tertiary/aromatic N) is 1. The molecule has 3 heteroatoms. The number of hydrogen-bond donors (Lipinski definition) is 1. The van der Waals surface area contributed by atoms with Gasteiger partial charge in [-0.1, -0.05) is 5.92 Å². The average molecular weight is 296 g/mol. The number of aryl methyl sites for hydroxylation is 1. The highest BCUT2D eigenvalue weighted by molar-refractivity contribution is 5.88. The molecule has 0 radical (unpaired) electrons. The van der Waals surface area contributed by atoms with Gasteiger partial charge in [-0.3, -0.25) is 4.90 Å². The van der Waals surface area contributed by atoms with Crippen molar-refractivity contribution in [1.82, 2.24) is 9.88 Å². The van der Waals surface area contributed by atoms with Crippen LogP contribution in [0.5, 0.6) is 0 Å². The Morgan fingerprint density at radius 3 is 2.86 bits per heavy atom. The molecule has 2 aromatic rings. The predicted octanol–water partition coefficient (Wildman–Crippen LogP) is 3.46. The maximum Gasteiger partial charge on any atom is 0.0599 e. The van der Waals surface area contributed by atoms with Crippen molar-refractivity contribution in [2.75, 3.05) is 19.7 Å². The van der Waals surface area contributed by atoms with Crippen LogP contribution >= 0.6 is 0 Å². The first kappa shape index (κ1) is 15.1. The van der Waals surface area contributed by atoms with Crippen molar-refractivity contribution >= 4 is 10.9 Å². The molecule has 1 aromatic carbocycles. The summed E-state index contributed by atoms with van der Waals surface area (Å²) in [6.07, 6.45) is 10.4. The van der Waals surface area contributed by atoms with Gasteiger partial charge in [-0.25, -0.2) is 0 Å². The van der Waals surface area contributed by atoms with Gasteiger partial charge in [0.25, 0.3) is 0 Å². The van der Waals surface area contributed by atoms with Crippen LogP contribution in [0.2, 0.25) is 0 Å². The monoisotopic (exact) mass is 296 g/mol. The molecule has 0 aliphatic carbocycles. The van der Waals surface area contributed by atoms with E-state index in [9.17, 15) is 0 Å². The van der Waals surface area contributed by atoms with Gasteiger partial charge in [-0.15, -0.1) is 6.42 Å². The van der Waals surface area contributed by atoms with Crippen LogP contribution < -0.4 is 0 Å². The highest BCUT2D eigenvalue weighted by atomic mass is 16.5. The molecule has 116 valence electrons. The van der Waals surface area contributed by atoms with Gasteiger partial charge < -0.3 is 9.72 Å². The fourth-order valence-electron chi connectivity index (χ4n) is 3.46. The summed E-state index contributed by atoms with van der Waals surface area (Å²) in [5, 5.41) is 1.26. The summed E-state index contributed by atoms with van der Waals surface area (Å²) < 4.78 is 5.74. The number of aromatic nitrogens is 1. The number of H-pyrrole nitrogens is 1. The third-order valence-electron chi connectivity index (χ3n) is 4.63. The number of fused-ring (bicyclic) bond motifs is 1.